The third kappa shape index (κ3) is 2.50. The first-order valence-corrected chi connectivity index (χ1v) is 5.82. The monoisotopic (exact) mass is 253 g/mol. The summed E-state index contributed by atoms with van der Waals surface area (Å²) in [5, 5.41) is 8.28. The Kier molecular flexibility index (Phi) is 3.49. The molecule has 0 spiro atoms. The standard InChI is InChI=1S/C11H16ClN5/c1-8-9(11(12)17(3)15-8)6-13-7-10-14-4-5-16(10)2/h4-5,13H,6-7H2,1-3H3. The van der Waals surface area contributed by atoms with E-state index < -0.39 is 0 Å². The summed E-state index contributed by atoms with van der Waals surface area (Å²) >= 11 is 6.15. The zero-order chi connectivity index (χ0) is 12.4. The van der Waals surface area contributed by atoms with Crippen LogP contribution >= 0.6 is 11.6 Å². The Labute approximate surface area is 105 Å². The molecule has 1 N–H and O–H groups in total. The number of rotatable bonds is 4. The molecule has 0 aliphatic carbocycles. The summed E-state index contributed by atoms with van der Waals surface area (Å²) in [7, 11) is 3.82. The average molecular weight is 254 g/mol. The lowest BCUT2D eigenvalue weighted by Crippen LogP contribution is -2.16. The molecular formula is C11H16ClN5. The number of aromatic nitrogens is 4. The third-order valence-electron chi connectivity index (χ3n) is 2.78. The van der Waals surface area contributed by atoms with Crippen LogP contribution in [0.1, 0.15) is 17.1 Å². The smallest absolute Gasteiger partial charge is 0.131 e. The van der Waals surface area contributed by atoms with E-state index in [0.717, 1.165) is 17.1 Å². The zero-order valence-electron chi connectivity index (χ0n) is 10.2. The highest BCUT2D eigenvalue weighted by atomic mass is 35.5. The van der Waals surface area contributed by atoms with Gasteiger partial charge in [0, 0.05) is 38.6 Å². The molecule has 0 aliphatic heterocycles. The summed E-state index contributed by atoms with van der Waals surface area (Å²) in [4.78, 5) is 4.24. The lowest BCUT2D eigenvalue weighted by molar-refractivity contribution is 0.637. The van der Waals surface area contributed by atoms with Gasteiger partial charge in [-0.2, -0.15) is 5.10 Å². The minimum absolute atomic E-state index is 0.690. The highest BCUT2D eigenvalue weighted by molar-refractivity contribution is 6.30. The van der Waals surface area contributed by atoms with Gasteiger partial charge in [-0.15, -0.1) is 0 Å². The first-order valence-electron chi connectivity index (χ1n) is 5.44. The Morgan fingerprint density at radius 1 is 1.35 bits per heavy atom. The van der Waals surface area contributed by atoms with Gasteiger partial charge in [-0.1, -0.05) is 11.6 Å². The van der Waals surface area contributed by atoms with Gasteiger partial charge in [0.05, 0.1) is 12.2 Å². The number of nitrogens with zero attached hydrogens (tertiary/aromatic N) is 4. The van der Waals surface area contributed by atoms with E-state index in [-0.39, 0.29) is 0 Å². The predicted molar refractivity (Wildman–Crippen MR) is 66.7 cm³/mol. The van der Waals surface area contributed by atoms with Crippen molar-refractivity contribution in [2.24, 2.45) is 14.1 Å². The van der Waals surface area contributed by atoms with E-state index in [9.17, 15) is 0 Å². The molecule has 0 atom stereocenters. The highest BCUT2D eigenvalue weighted by Crippen LogP contribution is 2.18. The Morgan fingerprint density at radius 2 is 2.12 bits per heavy atom. The van der Waals surface area contributed by atoms with Crippen LogP contribution in [0.2, 0.25) is 5.15 Å². The van der Waals surface area contributed by atoms with Crippen molar-refractivity contribution < 1.29 is 0 Å². The van der Waals surface area contributed by atoms with E-state index >= 15 is 0 Å². The maximum atomic E-state index is 6.15. The normalized spacial score (nSPS) is 11.1. The van der Waals surface area contributed by atoms with Gasteiger partial charge >= 0.3 is 0 Å². The maximum absolute atomic E-state index is 6.15. The minimum Gasteiger partial charge on any atom is -0.337 e. The van der Waals surface area contributed by atoms with Crippen molar-refractivity contribution in [3.63, 3.8) is 0 Å². The van der Waals surface area contributed by atoms with Crippen molar-refractivity contribution in [1.29, 1.82) is 0 Å². The molecule has 0 aliphatic rings. The van der Waals surface area contributed by atoms with E-state index in [1.165, 1.54) is 0 Å². The van der Waals surface area contributed by atoms with Crippen LogP contribution in [0.4, 0.5) is 0 Å². The summed E-state index contributed by atoms with van der Waals surface area (Å²) in [6.45, 7) is 3.38. The van der Waals surface area contributed by atoms with Gasteiger partial charge in [0.2, 0.25) is 0 Å². The average Bonchev–Trinajstić information content (AvgIpc) is 2.78. The molecule has 0 bridgehead atoms. The summed E-state index contributed by atoms with van der Waals surface area (Å²) in [5.74, 6) is 1.00. The van der Waals surface area contributed by atoms with Crippen LogP contribution in [0.5, 0.6) is 0 Å². The lowest BCUT2D eigenvalue weighted by Gasteiger charge is -2.04. The van der Waals surface area contributed by atoms with Crippen LogP contribution in [0.25, 0.3) is 0 Å². The topological polar surface area (TPSA) is 47.7 Å². The van der Waals surface area contributed by atoms with Gasteiger partial charge in [-0.25, -0.2) is 4.98 Å². The van der Waals surface area contributed by atoms with Crippen LogP contribution < -0.4 is 5.32 Å². The fraction of sp³-hybridized carbons (Fsp3) is 0.455. The van der Waals surface area contributed by atoms with Crippen LogP contribution in [-0.2, 0) is 27.2 Å². The Balaban J connectivity index is 1.97. The van der Waals surface area contributed by atoms with Crippen LogP contribution in [-0.4, -0.2) is 19.3 Å². The first-order chi connectivity index (χ1) is 8.09. The Bertz CT molecular complexity index is 514. The number of hydrogen-bond donors (Lipinski definition) is 1. The number of hydrogen-bond acceptors (Lipinski definition) is 3. The molecule has 0 saturated carbocycles. The van der Waals surface area contributed by atoms with Crippen LogP contribution in [0.15, 0.2) is 12.4 Å². The van der Waals surface area contributed by atoms with Crippen molar-refractivity contribution in [2.75, 3.05) is 0 Å². The van der Waals surface area contributed by atoms with Gasteiger partial charge in [0.15, 0.2) is 0 Å². The van der Waals surface area contributed by atoms with Gasteiger partial charge in [0.25, 0.3) is 0 Å². The minimum atomic E-state index is 0.690. The van der Waals surface area contributed by atoms with E-state index in [4.69, 9.17) is 11.6 Å². The molecule has 17 heavy (non-hydrogen) atoms. The summed E-state index contributed by atoms with van der Waals surface area (Å²) in [6, 6.07) is 0. The molecule has 2 rings (SSSR count). The maximum Gasteiger partial charge on any atom is 0.131 e. The molecule has 0 aromatic carbocycles. The zero-order valence-corrected chi connectivity index (χ0v) is 11.0. The van der Waals surface area contributed by atoms with E-state index in [2.05, 4.69) is 15.4 Å². The Hall–Kier alpha value is -1.33. The number of aryl methyl sites for hydroxylation is 3. The SMILES string of the molecule is Cc1nn(C)c(Cl)c1CNCc1nccn1C. The first kappa shape index (κ1) is 12.1. The molecule has 0 unspecified atom stereocenters. The molecule has 6 heteroatoms. The second-order valence-electron chi connectivity index (χ2n) is 4.04. The van der Waals surface area contributed by atoms with Gasteiger partial charge in [0.1, 0.15) is 11.0 Å². The van der Waals surface area contributed by atoms with Crippen molar-refractivity contribution in [3.05, 3.63) is 34.6 Å². The van der Waals surface area contributed by atoms with Crippen molar-refractivity contribution in [1.82, 2.24) is 24.6 Å². The quantitative estimate of drug-likeness (QED) is 0.896. The van der Waals surface area contributed by atoms with Crippen molar-refractivity contribution >= 4 is 11.6 Å². The lowest BCUT2D eigenvalue weighted by atomic mass is 10.2. The molecule has 2 aromatic heterocycles. The molecule has 92 valence electrons. The summed E-state index contributed by atoms with van der Waals surface area (Å²) in [6.07, 6.45) is 3.72. The van der Waals surface area contributed by atoms with Gasteiger partial charge < -0.3 is 9.88 Å². The molecule has 0 radical (unpaired) electrons. The molecule has 0 amide bonds. The summed E-state index contributed by atoms with van der Waals surface area (Å²) in [5.41, 5.74) is 2.01. The molecule has 2 heterocycles. The van der Waals surface area contributed by atoms with Gasteiger partial charge in [-0.05, 0) is 6.92 Å². The molecule has 2 aromatic rings. The largest absolute Gasteiger partial charge is 0.337 e. The van der Waals surface area contributed by atoms with E-state index in [1.807, 2.05) is 31.8 Å². The van der Waals surface area contributed by atoms with E-state index in [1.54, 1.807) is 10.9 Å². The van der Waals surface area contributed by atoms with Crippen LogP contribution in [0.3, 0.4) is 0 Å². The molecule has 0 fully saturated rings. The Morgan fingerprint density at radius 3 is 2.65 bits per heavy atom. The number of halogens is 1. The highest BCUT2D eigenvalue weighted by Gasteiger charge is 2.10. The van der Waals surface area contributed by atoms with Gasteiger partial charge in [-0.3, -0.25) is 4.68 Å². The number of nitrogens with one attached hydrogen (secondary N) is 1. The van der Waals surface area contributed by atoms with Crippen molar-refractivity contribution in [3.8, 4) is 0 Å². The fourth-order valence-corrected chi connectivity index (χ4v) is 1.98. The number of imidazole rings is 1. The summed E-state index contributed by atoms with van der Waals surface area (Å²) < 4.78 is 3.68. The van der Waals surface area contributed by atoms with Crippen molar-refractivity contribution in [2.45, 2.75) is 20.0 Å². The van der Waals surface area contributed by atoms with E-state index in [0.29, 0.717) is 18.2 Å². The third-order valence-corrected chi connectivity index (χ3v) is 3.25. The second kappa shape index (κ2) is 4.89. The molecular weight excluding hydrogens is 238 g/mol. The molecule has 5 nitrogen and oxygen atoms in total. The second-order valence-corrected chi connectivity index (χ2v) is 4.39. The predicted octanol–water partition coefficient (Wildman–Crippen LogP) is 1.41. The molecule has 0 saturated heterocycles. The fourth-order valence-electron chi connectivity index (χ4n) is 1.74. The van der Waals surface area contributed by atoms with Crippen LogP contribution in [0, 0.1) is 6.92 Å².